The van der Waals surface area contributed by atoms with Crippen LogP contribution < -0.4 is 0 Å². The molecule has 8 nitrogen and oxygen atoms in total. The smallest absolute Gasteiger partial charge is 0.283 e. The molecule has 0 atom stereocenters. The lowest BCUT2D eigenvalue weighted by Crippen LogP contribution is -2.16. The maximum absolute atomic E-state index is 14.6. The molecule has 1 aromatic carbocycles. The van der Waals surface area contributed by atoms with E-state index in [0.29, 0.717) is 48.8 Å². The number of aryl methyl sites for hydroxylation is 1. The molecule has 0 amide bonds. The number of aromatic amines is 1. The number of unbranched alkanes of at least 4 members (excludes halogenated alkanes) is 2. The molecule has 34 heavy (non-hydrogen) atoms. The molecule has 0 aliphatic carbocycles. The average molecular weight is 473 g/mol. The highest BCUT2D eigenvalue weighted by molar-refractivity contribution is 5.55. The Labute approximate surface area is 195 Å². The fourth-order valence-electron chi connectivity index (χ4n) is 3.74. The largest absolute Gasteiger partial charge is 0.308 e. The molecular formula is C23H27F3N8. The van der Waals surface area contributed by atoms with Crippen molar-refractivity contribution in [1.82, 2.24) is 40.0 Å². The summed E-state index contributed by atoms with van der Waals surface area (Å²) in [5, 5.41) is 17.7. The van der Waals surface area contributed by atoms with Crippen LogP contribution in [0, 0.1) is 5.95 Å². The zero-order chi connectivity index (χ0) is 24.1. The minimum absolute atomic E-state index is 0.263. The Morgan fingerprint density at radius 1 is 1.00 bits per heavy atom. The van der Waals surface area contributed by atoms with E-state index in [-0.39, 0.29) is 6.42 Å². The number of tetrazole rings is 1. The van der Waals surface area contributed by atoms with Gasteiger partial charge in [0.2, 0.25) is 5.82 Å². The molecular weight excluding hydrogens is 445 g/mol. The Morgan fingerprint density at radius 3 is 2.44 bits per heavy atom. The highest BCUT2D eigenvalue weighted by atomic mass is 19.3. The topological polar surface area (TPSA) is 90.1 Å². The third kappa shape index (κ3) is 5.02. The number of hydrogen-bond donors (Lipinski definition) is 1. The third-order valence-electron chi connectivity index (χ3n) is 5.62. The van der Waals surface area contributed by atoms with Gasteiger partial charge in [-0.2, -0.15) is 13.2 Å². The SMILES string of the molecule is CCCCc1nc(C(F)(F)CCCC)nn1Cc1ccc(-n2c(F)ccc2-c2nnn[nH]2)cc1. The van der Waals surface area contributed by atoms with Crippen molar-refractivity contribution in [2.24, 2.45) is 0 Å². The number of hydrogen-bond acceptors (Lipinski definition) is 5. The van der Waals surface area contributed by atoms with Crippen LogP contribution in [0.15, 0.2) is 36.4 Å². The standard InChI is InChI=1S/C23H27F3N8/c1-3-5-7-20-27-22(23(25,26)14-6-4-2)30-33(20)15-16-8-10-17(11-9-16)34-18(12-13-19(34)24)21-28-31-32-29-21/h8-13H,3-7,14-15H2,1-2H3,(H,28,29,31,32). The van der Waals surface area contributed by atoms with Gasteiger partial charge in [-0.1, -0.05) is 38.8 Å². The summed E-state index contributed by atoms with van der Waals surface area (Å²) in [4.78, 5) is 4.20. The van der Waals surface area contributed by atoms with E-state index in [4.69, 9.17) is 0 Å². The van der Waals surface area contributed by atoms with Crippen LogP contribution in [0.4, 0.5) is 13.2 Å². The van der Waals surface area contributed by atoms with Crippen LogP contribution in [-0.2, 0) is 18.9 Å². The van der Waals surface area contributed by atoms with Crippen LogP contribution in [0.1, 0.15) is 63.2 Å². The van der Waals surface area contributed by atoms with Gasteiger partial charge in [0.05, 0.1) is 12.2 Å². The van der Waals surface area contributed by atoms with Crippen molar-refractivity contribution >= 4 is 0 Å². The second-order valence-electron chi connectivity index (χ2n) is 8.21. The number of nitrogens with zero attached hydrogens (tertiary/aromatic N) is 7. The molecule has 4 aromatic rings. The summed E-state index contributed by atoms with van der Waals surface area (Å²) < 4.78 is 46.7. The third-order valence-corrected chi connectivity index (χ3v) is 5.62. The molecule has 0 aliphatic rings. The molecule has 3 heterocycles. The molecule has 1 N–H and O–H groups in total. The highest BCUT2D eigenvalue weighted by Crippen LogP contribution is 2.31. The zero-order valence-electron chi connectivity index (χ0n) is 19.2. The Hall–Kier alpha value is -3.50. The van der Waals surface area contributed by atoms with Crippen molar-refractivity contribution < 1.29 is 13.2 Å². The fraction of sp³-hybridized carbons (Fsp3) is 0.435. The molecule has 0 fully saturated rings. The molecule has 0 aliphatic heterocycles. The lowest BCUT2D eigenvalue weighted by molar-refractivity contribution is -0.0245. The Kier molecular flexibility index (Phi) is 7.09. The highest BCUT2D eigenvalue weighted by Gasteiger charge is 2.36. The van der Waals surface area contributed by atoms with Gasteiger partial charge in [0.15, 0.2) is 11.8 Å². The van der Waals surface area contributed by atoms with Gasteiger partial charge in [0, 0.05) is 18.5 Å². The summed E-state index contributed by atoms with van der Waals surface area (Å²) >= 11 is 0. The molecule has 0 saturated heterocycles. The normalized spacial score (nSPS) is 11.9. The van der Waals surface area contributed by atoms with E-state index in [0.717, 1.165) is 18.4 Å². The monoisotopic (exact) mass is 472 g/mol. The predicted octanol–water partition coefficient (Wildman–Crippen LogP) is 5.06. The van der Waals surface area contributed by atoms with Crippen LogP contribution in [0.5, 0.6) is 0 Å². The van der Waals surface area contributed by atoms with Crippen molar-refractivity contribution in [2.75, 3.05) is 0 Å². The molecule has 180 valence electrons. The summed E-state index contributed by atoms with van der Waals surface area (Å²) in [5.41, 5.74) is 1.90. The summed E-state index contributed by atoms with van der Waals surface area (Å²) in [7, 11) is 0. The van der Waals surface area contributed by atoms with Gasteiger partial charge in [-0.05, 0) is 53.1 Å². The summed E-state index contributed by atoms with van der Waals surface area (Å²) in [5.74, 6) is -3.04. The van der Waals surface area contributed by atoms with Crippen molar-refractivity contribution in [2.45, 2.75) is 64.8 Å². The van der Waals surface area contributed by atoms with Gasteiger partial charge in [-0.15, -0.1) is 10.2 Å². The van der Waals surface area contributed by atoms with Crippen LogP contribution in [0.3, 0.4) is 0 Å². The number of H-pyrrole nitrogens is 1. The van der Waals surface area contributed by atoms with Crippen LogP contribution >= 0.6 is 0 Å². The molecule has 0 unspecified atom stereocenters. The van der Waals surface area contributed by atoms with Crippen LogP contribution in [-0.4, -0.2) is 40.0 Å². The number of rotatable bonds is 11. The van der Waals surface area contributed by atoms with Crippen molar-refractivity contribution in [3.05, 3.63) is 59.6 Å². The van der Waals surface area contributed by atoms with Gasteiger partial charge in [-0.25, -0.2) is 14.8 Å². The summed E-state index contributed by atoms with van der Waals surface area (Å²) in [6, 6.07) is 10.1. The van der Waals surface area contributed by atoms with E-state index in [9.17, 15) is 13.2 Å². The lowest BCUT2D eigenvalue weighted by Gasteiger charge is -2.11. The molecule has 4 rings (SSSR count). The van der Waals surface area contributed by atoms with Gasteiger partial charge >= 0.3 is 5.92 Å². The average Bonchev–Trinajstić information content (AvgIpc) is 3.57. The first-order valence-corrected chi connectivity index (χ1v) is 11.5. The van der Waals surface area contributed by atoms with E-state index >= 15 is 0 Å². The number of aromatic nitrogens is 8. The first-order chi connectivity index (χ1) is 16.4. The van der Waals surface area contributed by atoms with Crippen molar-refractivity contribution in [3.8, 4) is 17.2 Å². The van der Waals surface area contributed by atoms with E-state index in [2.05, 4.69) is 30.7 Å². The quantitative estimate of drug-likeness (QED) is 0.330. The molecule has 0 spiro atoms. The van der Waals surface area contributed by atoms with Gasteiger partial charge < -0.3 is 0 Å². The molecule has 11 heteroatoms. The molecule has 3 aromatic heterocycles. The van der Waals surface area contributed by atoms with Crippen LogP contribution in [0.2, 0.25) is 0 Å². The van der Waals surface area contributed by atoms with E-state index in [1.54, 1.807) is 22.9 Å². The zero-order valence-corrected chi connectivity index (χ0v) is 19.2. The summed E-state index contributed by atoms with van der Waals surface area (Å²) in [6.45, 7) is 4.21. The van der Waals surface area contributed by atoms with Gasteiger partial charge in [0.25, 0.3) is 0 Å². The fourth-order valence-corrected chi connectivity index (χ4v) is 3.74. The Bertz CT molecular complexity index is 1200. The van der Waals surface area contributed by atoms with E-state index in [1.165, 1.54) is 10.6 Å². The van der Waals surface area contributed by atoms with Gasteiger partial charge in [-0.3, -0.25) is 4.57 Å². The first-order valence-electron chi connectivity index (χ1n) is 11.5. The minimum atomic E-state index is -3.05. The van der Waals surface area contributed by atoms with Gasteiger partial charge in [0.1, 0.15) is 5.82 Å². The molecule has 0 radical (unpaired) electrons. The van der Waals surface area contributed by atoms with E-state index in [1.807, 2.05) is 26.0 Å². The number of benzene rings is 1. The minimum Gasteiger partial charge on any atom is -0.283 e. The maximum atomic E-state index is 14.6. The predicted molar refractivity (Wildman–Crippen MR) is 120 cm³/mol. The lowest BCUT2D eigenvalue weighted by atomic mass is 10.1. The van der Waals surface area contributed by atoms with Crippen LogP contribution in [0.25, 0.3) is 17.2 Å². The first kappa shape index (κ1) is 23.7. The maximum Gasteiger partial charge on any atom is 0.308 e. The Balaban J connectivity index is 1.59. The van der Waals surface area contributed by atoms with Crippen molar-refractivity contribution in [1.29, 1.82) is 0 Å². The van der Waals surface area contributed by atoms with E-state index < -0.39 is 17.7 Å². The second kappa shape index (κ2) is 10.2. The number of nitrogens with one attached hydrogen (secondary N) is 1. The molecule has 0 saturated carbocycles. The summed E-state index contributed by atoms with van der Waals surface area (Å²) in [6.07, 6.45) is 3.17. The second-order valence-corrected chi connectivity index (χ2v) is 8.21. The molecule has 0 bridgehead atoms. The number of halogens is 3. The Morgan fingerprint density at radius 2 is 1.76 bits per heavy atom. The number of alkyl halides is 2. The van der Waals surface area contributed by atoms with Crippen molar-refractivity contribution in [3.63, 3.8) is 0 Å².